The predicted octanol–water partition coefficient (Wildman–Crippen LogP) is 4.72. The number of thioether (sulfide) groups is 1. The standard InChI is InChI=1S/C24H27N3O2S/c1-17-7-4-5-10-20(17)23-11-12-27(13-14-30-23)24(28)22-16-21(25-26(22)2)18-8-6-9-19(15-18)29-3/h4-10,15-16,23H,11-14H2,1-3H3. The van der Waals surface area contributed by atoms with Crippen LogP contribution >= 0.6 is 11.8 Å². The molecule has 1 aromatic heterocycles. The lowest BCUT2D eigenvalue weighted by atomic mass is 10.0. The Morgan fingerprint density at radius 3 is 2.77 bits per heavy atom. The normalized spacial score (nSPS) is 16.9. The maximum atomic E-state index is 13.3. The van der Waals surface area contributed by atoms with E-state index >= 15 is 0 Å². The van der Waals surface area contributed by atoms with E-state index in [4.69, 9.17) is 4.74 Å². The zero-order chi connectivity index (χ0) is 21.1. The number of carbonyl (C=O) groups is 1. The second-order valence-electron chi connectivity index (χ2n) is 7.57. The smallest absolute Gasteiger partial charge is 0.272 e. The first-order chi connectivity index (χ1) is 14.6. The average Bonchev–Trinajstić information content (AvgIpc) is 2.99. The number of aromatic nitrogens is 2. The quantitative estimate of drug-likeness (QED) is 0.611. The molecule has 0 N–H and O–H groups in total. The number of hydrogen-bond donors (Lipinski definition) is 0. The van der Waals surface area contributed by atoms with Gasteiger partial charge in [-0.3, -0.25) is 9.48 Å². The third kappa shape index (κ3) is 4.24. The van der Waals surface area contributed by atoms with Crippen molar-refractivity contribution < 1.29 is 9.53 Å². The summed E-state index contributed by atoms with van der Waals surface area (Å²) in [6.07, 6.45) is 0.960. The number of aryl methyl sites for hydroxylation is 2. The summed E-state index contributed by atoms with van der Waals surface area (Å²) in [4.78, 5) is 15.3. The number of amides is 1. The summed E-state index contributed by atoms with van der Waals surface area (Å²) >= 11 is 1.95. The van der Waals surface area contributed by atoms with Crippen LogP contribution in [0.3, 0.4) is 0 Å². The highest BCUT2D eigenvalue weighted by molar-refractivity contribution is 7.99. The van der Waals surface area contributed by atoms with Gasteiger partial charge in [0.25, 0.3) is 5.91 Å². The molecule has 1 fully saturated rings. The van der Waals surface area contributed by atoms with Gasteiger partial charge in [-0.1, -0.05) is 36.4 Å². The van der Waals surface area contributed by atoms with Crippen molar-refractivity contribution in [2.45, 2.75) is 18.6 Å². The number of hydrogen-bond acceptors (Lipinski definition) is 4. The molecule has 1 aliphatic rings. The van der Waals surface area contributed by atoms with E-state index in [9.17, 15) is 4.79 Å². The van der Waals surface area contributed by atoms with E-state index in [0.717, 1.165) is 42.3 Å². The minimum absolute atomic E-state index is 0.0465. The molecule has 5 nitrogen and oxygen atoms in total. The SMILES string of the molecule is COc1cccc(-c2cc(C(=O)N3CCSC(c4ccccc4C)CC3)n(C)n2)c1. The van der Waals surface area contributed by atoms with E-state index in [-0.39, 0.29) is 5.91 Å². The minimum atomic E-state index is 0.0465. The molecule has 0 bridgehead atoms. The fourth-order valence-corrected chi connectivity index (χ4v) is 5.25. The van der Waals surface area contributed by atoms with E-state index in [1.807, 2.05) is 54.0 Å². The van der Waals surface area contributed by atoms with Crippen molar-refractivity contribution in [3.05, 3.63) is 71.4 Å². The molecule has 6 heteroatoms. The molecule has 1 atom stereocenters. The van der Waals surface area contributed by atoms with E-state index in [1.54, 1.807) is 11.8 Å². The molecule has 2 aromatic carbocycles. The Kier molecular flexibility index (Phi) is 6.13. The Labute approximate surface area is 182 Å². The molecule has 4 rings (SSSR count). The van der Waals surface area contributed by atoms with E-state index in [2.05, 4.69) is 36.3 Å². The fourth-order valence-electron chi connectivity index (χ4n) is 3.92. The Hall–Kier alpha value is -2.73. The van der Waals surface area contributed by atoms with E-state index in [0.29, 0.717) is 10.9 Å². The molecule has 0 spiro atoms. The van der Waals surface area contributed by atoms with Crippen molar-refractivity contribution in [2.24, 2.45) is 7.05 Å². The van der Waals surface area contributed by atoms with Crippen molar-refractivity contribution in [1.82, 2.24) is 14.7 Å². The van der Waals surface area contributed by atoms with E-state index in [1.165, 1.54) is 11.1 Å². The Morgan fingerprint density at radius 2 is 1.97 bits per heavy atom. The van der Waals surface area contributed by atoms with Crippen LogP contribution in [-0.2, 0) is 7.05 Å². The van der Waals surface area contributed by atoms with E-state index < -0.39 is 0 Å². The van der Waals surface area contributed by atoms with Gasteiger partial charge in [-0.2, -0.15) is 16.9 Å². The number of carbonyl (C=O) groups excluding carboxylic acids is 1. The van der Waals surface area contributed by atoms with Crippen LogP contribution in [0.25, 0.3) is 11.3 Å². The summed E-state index contributed by atoms with van der Waals surface area (Å²) < 4.78 is 7.00. The molecule has 1 saturated heterocycles. The number of methoxy groups -OCH3 is 1. The third-order valence-corrected chi connectivity index (χ3v) is 6.94. The maximum absolute atomic E-state index is 13.3. The Morgan fingerprint density at radius 1 is 1.13 bits per heavy atom. The lowest BCUT2D eigenvalue weighted by molar-refractivity contribution is 0.0755. The number of benzene rings is 2. The van der Waals surface area contributed by atoms with Crippen molar-refractivity contribution in [2.75, 3.05) is 26.0 Å². The zero-order valence-corrected chi connectivity index (χ0v) is 18.5. The summed E-state index contributed by atoms with van der Waals surface area (Å²) in [5, 5.41) is 5.01. The highest BCUT2D eigenvalue weighted by Crippen LogP contribution is 2.36. The predicted molar refractivity (Wildman–Crippen MR) is 122 cm³/mol. The molecule has 156 valence electrons. The molecule has 1 amide bonds. The largest absolute Gasteiger partial charge is 0.497 e. The van der Waals surface area contributed by atoms with Crippen LogP contribution in [0.15, 0.2) is 54.6 Å². The van der Waals surface area contributed by atoms with Crippen LogP contribution in [0.5, 0.6) is 5.75 Å². The molecule has 0 saturated carbocycles. The van der Waals surface area contributed by atoms with Gasteiger partial charge in [0.2, 0.25) is 0 Å². The van der Waals surface area contributed by atoms with Gasteiger partial charge >= 0.3 is 0 Å². The van der Waals surface area contributed by atoms with Crippen LogP contribution < -0.4 is 4.74 Å². The Bertz CT molecular complexity index is 1050. The monoisotopic (exact) mass is 421 g/mol. The zero-order valence-electron chi connectivity index (χ0n) is 17.7. The first-order valence-electron chi connectivity index (χ1n) is 10.2. The third-order valence-electron chi connectivity index (χ3n) is 5.63. The van der Waals surface area contributed by atoms with Crippen molar-refractivity contribution in [3.63, 3.8) is 0 Å². The van der Waals surface area contributed by atoms with Gasteiger partial charge in [0.05, 0.1) is 12.8 Å². The second kappa shape index (κ2) is 8.96. The first kappa shape index (κ1) is 20.5. The molecule has 0 aliphatic carbocycles. The fraction of sp³-hybridized carbons (Fsp3) is 0.333. The van der Waals surface area contributed by atoms with Crippen LogP contribution in [0.4, 0.5) is 0 Å². The molecular formula is C24H27N3O2S. The molecule has 2 heterocycles. The second-order valence-corrected chi connectivity index (χ2v) is 8.88. The van der Waals surface area contributed by atoms with Crippen molar-refractivity contribution in [1.29, 1.82) is 0 Å². The van der Waals surface area contributed by atoms with Crippen LogP contribution in [0.2, 0.25) is 0 Å². The Balaban J connectivity index is 1.51. The van der Waals surface area contributed by atoms with Crippen molar-refractivity contribution >= 4 is 17.7 Å². The van der Waals surface area contributed by atoms with Gasteiger partial charge < -0.3 is 9.64 Å². The maximum Gasteiger partial charge on any atom is 0.272 e. The van der Waals surface area contributed by atoms with Gasteiger partial charge in [0, 0.05) is 36.7 Å². The molecule has 1 aliphatic heterocycles. The number of nitrogens with zero attached hydrogens (tertiary/aromatic N) is 3. The topological polar surface area (TPSA) is 47.4 Å². The molecule has 0 radical (unpaired) electrons. The molecule has 30 heavy (non-hydrogen) atoms. The highest BCUT2D eigenvalue weighted by atomic mass is 32.2. The van der Waals surface area contributed by atoms with Gasteiger partial charge in [0.15, 0.2) is 0 Å². The highest BCUT2D eigenvalue weighted by Gasteiger charge is 2.25. The average molecular weight is 422 g/mol. The van der Waals surface area contributed by atoms with Crippen LogP contribution in [0.1, 0.15) is 33.3 Å². The summed E-state index contributed by atoms with van der Waals surface area (Å²) in [5.41, 5.74) is 5.05. The van der Waals surface area contributed by atoms with Gasteiger partial charge in [-0.15, -0.1) is 0 Å². The minimum Gasteiger partial charge on any atom is -0.497 e. The summed E-state index contributed by atoms with van der Waals surface area (Å²) in [6, 6.07) is 18.2. The summed E-state index contributed by atoms with van der Waals surface area (Å²) in [5.74, 6) is 1.76. The van der Waals surface area contributed by atoms with Crippen molar-refractivity contribution in [3.8, 4) is 17.0 Å². The number of ether oxygens (including phenoxy) is 1. The summed E-state index contributed by atoms with van der Waals surface area (Å²) in [6.45, 7) is 3.68. The number of rotatable bonds is 4. The van der Waals surface area contributed by atoms with Gasteiger partial charge in [-0.25, -0.2) is 0 Å². The van der Waals surface area contributed by atoms with Crippen LogP contribution in [-0.4, -0.2) is 46.5 Å². The molecule has 3 aromatic rings. The van der Waals surface area contributed by atoms with Crippen LogP contribution in [0, 0.1) is 6.92 Å². The van der Waals surface area contributed by atoms with Gasteiger partial charge in [-0.05, 0) is 42.7 Å². The first-order valence-corrected chi connectivity index (χ1v) is 11.3. The summed E-state index contributed by atoms with van der Waals surface area (Å²) in [7, 11) is 3.48. The lowest BCUT2D eigenvalue weighted by Crippen LogP contribution is -2.34. The molecule has 1 unspecified atom stereocenters. The molecular weight excluding hydrogens is 394 g/mol. The van der Waals surface area contributed by atoms with Gasteiger partial charge in [0.1, 0.15) is 11.4 Å². The lowest BCUT2D eigenvalue weighted by Gasteiger charge is -2.20.